The van der Waals surface area contributed by atoms with Gasteiger partial charge in [0, 0.05) is 19.3 Å². The topological polar surface area (TPSA) is 29.3 Å². The van der Waals surface area contributed by atoms with Crippen molar-refractivity contribution in [1.29, 1.82) is 0 Å². The molecule has 1 aromatic rings. The summed E-state index contributed by atoms with van der Waals surface area (Å²) in [6.45, 7) is 1.45. The first-order chi connectivity index (χ1) is 8.91. The molecule has 1 aliphatic heterocycles. The molecule has 2 rings (SSSR count). The molecule has 0 saturated heterocycles. The third kappa shape index (κ3) is 3.21. The summed E-state index contributed by atoms with van der Waals surface area (Å²) in [6, 6.07) is 4.04. The first-order valence-electron chi connectivity index (χ1n) is 6.53. The van der Waals surface area contributed by atoms with Crippen LogP contribution in [0.2, 0.25) is 0 Å². The highest BCUT2D eigenvalue weighted by Crippen LogP contribution is 2.35. The summed E-state index contributed by atoms with van der Waals surface area (Å²) in [5.74, 6) is 0.372. The second-order valence-corrected chi connectivity index (χ2v) is 5.20. The number of fused-ring (bicyclic) bond motifs is 1. The maximum atomic E-state index is 12.8. The lowest BCUT2D eigenvalue weighted by atomic mass is 9.93. The van der Waals surface area contributed by atoms with E-state index in [2.05, 4.69) is 0 Å². The standard InChI is InChI=1S/C14H19F3N2/c1-19-7-5-10(4-6-18)8-11-9-12(14(15,16)17)2-3-13(11)19/h2-3,9-10H,4-8,18H2,1H3. The minimum absolute atomic E-state index is 0.372. The highest BCUT2D eigenvalue weighted by atomic mass is 19.4. The Bertz CT molecular complexity index is 443. The second-order valence-electron chi connectivity index (χ2n) is 5.20. The van der Waals surface area contributed by atoms with Crippen molar-refractivity contribution in [2.45, 2.75) is 25.4 Å². The van der Waals surface area contributed by atoms with Gasteiger partial charge >= 0.3 is 6.18 Å². The molecule has 106 valence electrons. The fourth-order valence-corrected chi connectivity index (χ4v) is 2.69. The van der Waals surface area contributed by atoms with Gasteiger partial charge in [0.25, 0.3) is 0 Å². The Labute approximate surface area is 111 Å². The van der Waals surface area contributed by atoms with Crippen LogP contribution in [0.25, 0.3) is 0 Å². The normalized spacial score (nSPS) is 20.1. The van der Waals surface area contributed by atoms with E-state index in [4.69, 9.17) is 5.73 Å². The zero-order valence-electron chi connectivity index (χ0n) is 11.0. The summed E-state index contributed by atoms with van der Waals surface area (Å²) < 4.78 is 38.3. The maximum Gasteiger partial charge on any atom is 0.416 e. The van der Waals surface area contributed by atoms with Gasteiger partial charge in [-0.3, -0.25) is 0 Å². The van der Waals surface area contributed by atoms with E-state index < -0.39 is 11.7 Å². The van der Waals surface area contributed by atoms with Gasteiger partial charge in [-0.1, -0.05) is 0 Å². The van der Waals surface area contributed by atoms with Crippen LogP contribution in [0.3, 0.4) is 0 Å². The number of anilines is 1. The summed E-state index contributed by atoms with van der Waals surface area (Å²) in [4.78, 5) is 2.03. The van der Waals surface area contributed by atoms with Gasteiger partial charge in [-0.15, -0.1) is 0 Å². The van der Waals surface area contributed by atoms with Crippen molar-refractivity contribution in [1.82, 2.24) is 0 Å². The summed E-state index contributed by atoms with van der Waals surface area (Å²) in [5.41, 5.74) is 6.70. The molecule has 1 heterocycles. The summed E-state index contributed by atoms with van der Waals surface area (Å²) >= 11 is 0. The zero-order valence-corrected chi connectivity index (χ0v) is 11.0. The highest BCUT2D eigenvalue weighted by molar-refractivity contribution is 5.55. The van der Waals surface area contributed by atoms with Gasteiger partial charge in [-0.25, -0.2) is 0 Å². The van der Waals surface area contributed by atoms with Crippen molar-refractivity contribution in [3.05, 3.63) is 29.3 Å². The minimum Gasteiger partial charge on any atom is -0.374 e. The Morgan fingerprint density at radius 3 is 2.74 bits per heavy atom. The molecular formula is C14H19F3N2. The summed E-state index contributed by atoms with van der Waals surface area (Å²) in [6.07, 6.45) is -1.75. The maximum absolute atomic E-state index is 12.8. The number of halogens is 3. The fraction of sp³-hybridized carbons (Fsp3) is 0.571. The van der Waals surface area contributed by atoms with Crippen molar-refractivity contribution in [2.75, 3.05) is 25.0 Å². The molecule has 0 spiro atoms. The van der Waals surface area contributed by atoms with Crippen molar-refractivity contribution in [3.8, 4) is 0 Å². The van der Waals surface area contributed by atoms with Gasteiger partial charge in [0.1, 0.15) is 0 Å². The van der Waals surface area contributed by atoms with Crippen LogP contribution in [-0.2, 0) is 12.6 Å². The van der Waals surface area contributed by atoms with Crippen molar-refractivity contribution in [3.63, 3.8) is 0 Å². The Morgan fingerprint density at radius 2 is 2.11 bits per heavy atom. The first-order valence-corrected chi connectivity index (χ1v) is 6.53. The number of benzene rings is 1. The minimum atomic E-state index is -4.27. The van der Waals surface area contributed by atoms with E-state index in [-0.39, 0.29) is 0 Å². The zero-order chi connectivity index (χ0) is 14.0. The SMILES string of the molecule is CN1CCC(CCN)Cc2cc(C(F)(F)F)ccc21. The molecule has 0 radical (unpaired) electrons. The van der Waals surface area contributed by atoms with Gasteiger partial charge in [-0.05, 0) is 55.5 Å². The lowest BCUT2D eigenvalue weighted by Gasteiger charge is -2.20. The van der Waals surface area contributed by atoms with E-state index in [0.29, 0.717) is 18.9 Å². The summed E-state index contributed by atoms with van der Waals surface area (Å²) in [7, 11) is 1.93. The molecule has 0 bridgehead atoms. The van der Waals surface area contributed by atoms with Crippen LogP contribution >= 0.6 is 0 Å². The van der Waals surface area contributed by atoms with E-state index in [1.54, 1.807) is 6.07 Å². The molecule has 1 atom stereocenters. The molecule has 2 nitrogen and oxygen atoms in total. The lowest BCUT2D eigenvalue weighted by Crippen LogP contribution is -2.19. The molecule has 0 fully saturated rings. The number of hydrogen-bond acceptors (Lipinski definition) is 2. The van der Waals surface area contributed by atoms with Crippen LogP contribution in [0.1, 0.15) is 24.0 Å². The Balaban J connectivity index is 2.34. The van der Waals surface area contributed by atoms with Crippen LogP contribution < -0.4 is 10.6 Å². The van der Waals surface area contributed by atoms with Gasteiger partial charge in [-0.2, -0.15) is 13.2 Å². The van der Waals surface area contributed by atoms with E-state index in [0.717, 1.165) is 30.6 Å². The second kappa shape index (κ2) is 5.41. The smallest absolute Gasteiger partial charge is 0.374 e. The number of rotatable bonds is 2. The third-order valence-electron chi connectivity index (χ3n) is 3.77. The molecule has 1 unspecified atom stereocenters. The Morgan fingerprint density at radius 1 is 1.37 bits per heavy atom. The van der Waals surface area contributed by atoms with Gasteiger partial charge in [0.2, 0.25) is 0 Å². The van der Waals surface area contributed by atoms with Crippen LogP contribution in [0, 0.1) is 5.92 Å². The molecular weight excluding hydrogens is 253 g/mol. The van der Waals surface area contributed by atoms with E-state index in [1.807, 2.05) is 11.9 Å². The molecule has 2 N–H and O–H groups in total. The van der Waals surface area contributed by atoms with E-state index in [1.165, 1.54) is 12.1 Å². The number of alkyl halides is 3. The van der Waals surface area contributed by atoms with E-state index >= 15 is 0 Å². The average molecular weight is 272 g/mol. The number of hydrogen-bond donors (Lipinski definition) is 1. The molecule has 0 aromatic heterocycles. The summed E-state index contributed by atoms with van der Waals surface area (Å²) in [5, 5.41) is 0. The van der Waals surface area contributed by atoms with Crippen LogP contribution in [-0.4, -0.2) is 20.1 Å². The highest BCUT2D eigenvalue weighted by Gasteiger charge is 2.32. The predicted molar refractivity (Wildman–Crippen MR) is 70.2 cm³/mol. The van der Waals surface area contributed by atoms with Crippen LogP contribution in [0.4, 0.5) is 18.9 Å². The quantitative estimate of drug-likeness (QED) is 0.896. The van der Waals surface area contributed by atoms with Crippen LogP contribution in [0.15, 0.2) is 18.2 Å². The fourth-order valence-electron chi connectivity index (χ4n) is 2.69. The number of nitrogens with two attached hydrogens (primary N) is 1. The predicted octanol–water partition coefficient (Wildman–Crippen LogP) is 3.05. The first kappa shape index (κ1) is 14.2. The Kier molecular flexibility index (Phi) is 4.04. The molecule has 0 amide bonds. The Hall–Kier alpha value is -1.23. The van der Waals surface area contributed by atoms with Crippen LogP contribution in [0.5, 0.6) is 0 Å². The lowest BCUT2D eigenvalue weighted by molar-refractivity contribution is -0.137. The molecule has 5 heteroatoms. The van der Waals surface area contributed by atoms with Gasteiger partial charge in [0.05, 0.1) is 5.56 Å². The largest absolute Gasteiger partial charge is 0.416 e. The molecule has 0 saturated carbocycles. The van der Waals surface area contributed by atoms with Crippen molar-refractivity contribution >= 4 is 5.69 Å². The third-order valence-corrected chi connectivity index (χ3v) is 3.77. The van der Waals surface area contributed by atoms with Crippen molar-refractivity contribution in [2.24, 2.45) is 11.7 Å². The molecule has 1 aliphatic rings. The van der Waals surface area contributed by atoms with Gasteiger partial charge < -0.3 is 10.6 Å². The molecule has 0 aliphatic carbocycles. The molecule has 19 heavy (non-hydrogen) atoms. The van der Waals surface area contributed by atoms with Crippen molar-refractivity contribution < 1.29 is 13.2 Å². The van der Waals surface area contributed by atoms with E-state index in [9.17, 15) is 13.2 Å². The molecule has 1 aromatic carbocycles. The monoisotopic (exact) mass is 272 g/mol. The van der Waals surface area contributed by atoms with Gasteiger partial charge in [0.15, 0.2) is 0 Å². The number of nitrogens with zero attached hydrogens (tertiary/aromatic N) is 1. The average Bonchev–Trinajstić information content (AvgIpc) is 2.48.